The molecule has 2 heterocycles. The average molecular weight is 434 g/mol. The Morgan fingerprint density at radius 2 is 1.81 bits per heavy atom. The average Bonchev–Trinajstić information content (AvgIpc) is 2.79. The van der Waals surface area contributed by atoms with Gasteiger partial charge in [0.05, 0.1) is 23.1 Å². The van der Waals surface area contributed by atoms with E-state index in [9.17, 15) is 14.9 Å². The maximum absolute atomic E-state index is 11.8. The molecule has 0 aliphatic carbocycles. The van der Waals surface area contributed by atoms with Crippen molar-refractivity contribution in [2.45, 2.75) is 9.92 Å². The van der Waals surface area contributed by atoms with Gasteiger partial charge in [0.15, 0.2) is 5.03 Å². The van der Waals surface area contributed by atoms with E-state index in [0.29, 0.717) is 16.0 Å². The number of para-hydroxylation sites is 1. The van der Waals surface area contributed by atoms with Crippen LogP contribution in [0.1, 0.15) is 10.4 Å². The monoisotopic (exact) mass is 434 g/mol. The molecular formula is C21H14N4O5S. The summed E-state index contributed by atoms with van der Waals surface area (Å²) in [5, 5.41) is 12.9. The molecule has 9 nitrogen and oxygen atoms in total. The molecule has 0 spiro atoms. The van der Waals surface area contributed by atoms with Gasteiger partial charge in [-0.15, -0.1) is 0 Å². The van der Waals surface area contributed by atoms with Crippen molar-refractivity contribution in [2.24, 2.45) is 0 Å². The molecular weight excluding hydrogens is 420 g/mol. The van der Waals surface area contributed by atoms with Crippen molar-refractivity contribution in [1.82, 2.24) is 15.0 Å². The van der Waals surface area contributed by atoms with Gasteiger partial charge in [-0.3, -0.25) is 15.1 Å². The van der Waals surface area contributed by atoms with Crippen LogP contribution in [-0.4, -0.2) is 33.0 Å². The Hall–Kier alpha value is -4.05. The minimum atomic E-state index is -0.584. The van der Waals surface area contributed by atoms with Crippen LogP contribution >= 0.6 is 11.8 Å². The number of carbonyl (C=O) groups excluding carboxylic acids is 1. The number of nitrogens with zero attached hydrogens (tertiary/aromatic N) is 4. The van der Waals surface area contributed by atoms with Gasteiger partial charge in [0.1, 0.15) is 12.1 Å². The number of esters is 1. The molecule has 31 heavy (non-hydrogen) atoms. The molecule has 4 rings (SSSR count). The number of ether oxygens (including phenoxy) is 2. The zero-order valence-corrected chi connectivity index (χ0v) is 16.9. The van der Waals surface area contributed by atoms with E-state index < -0.39 is 10.9 Å². The Balaban J connectivity index is 1.68. The SMILES string of the molecule is COC(=O)c1ccc(Oc2ncnc(Sc3cccc4cccnc34)c2[N+](=O)[O-])cc1. The van der Waals surface area contributed by atoms with Gasteiger partial charge in [-0.05, 0) is 36.4 Å². The summed E-state index contributed by atoms with van der Waals surface area (Å²) in [6.07, 6.45) is 2.86. The van der Waals surface area contributed by atoms with Crippen LogP contribution in [0, 0.1) is 10.1 Å². The van der Waals surface area contributed by atoms with E-state index in [-0.39, 0.29) is 22.3 Å². The summed E-state index contributed by atoms with van der Waals surface area (Å²) >= 11 is 1.11. The fourth-order valence-electron chi connectivity index (χ4n) is 2.80. The molecule has 0 aliphatic heterocycles. The molecule has 0 unspecified atom stereocenters. The Kier molecular flexibility index (Phi) is 5.72. The number of aromatic nitrogens is 3. The van der Waals surface area contributed by atoms with Crippen LogP contribution in [0.2, 0.25) is 0 Å². The fraction of sp³-hybridized carbons (Fsp3) is 0.0476. The van der Waals surface area contributed by atoms with Crippen LogP contribution in [0.15, 0.2) is 77.0 Å². The molecule has 0 amide bonds. The smallest absolute Gasteiger partial charge is 0.363 e. The molecule has 0 N–H and O–H groups in total. The summed E-state index contributed by atoms with van der Waals surface area (Å²) in [6.45, 7) is 0. The lowest BCUT2D eigenvalue weighted by Gasteiger charge is -2.09. The van der Waals surface area contributed by atoms with Crippen molar-refractivity contribution >= 4 is 34.3 Å². The summed E-state index contributed by atoms with van der Waals surface area (Å²) in [4.78, 5) is 35.9. The topological polar surface area (TPSA) is 117 Å². The van der Waals surface area contributed by atoms with Crippen molar-refractivity contribution < 1.29 is 19.2 Å². The predicted octanol–water partition coefficient (Wildman–Crippen LogP) is 4.66. The van der Waals surface area contributed by atoms with Crippen molar-refractivity contribution in [3.8, 4) is 11.6 Å². The normalized spacial score (nSPS) is 10.6. The van der Waals surface area contributed by atoms with E-state index in [2.05, 4.69) is 19.7 Å². The van der Waals surface area contributed by atoms with Gasteiger partial charge in [-0.1, -0.05) is 30.0 Å². The number of nitro groups is 1. The molecule has 2 aromatic heterocycles. The summed E-state index contributed by atoms with van der Waals surface area (Å²) in [6, 6.07) is 15.3. The van der Waals surface area contributed by atoms with E-state index in [4.69, 9.17) is 4.74 Å². The third-order valence-corrected chi connectivity index (χ3v) is 5.27. The zero-order chi connectivity index (χ0) is 21.8. The lowest BCUT2D eigenvalue weighted by atomic mass is 10.2. The Bertz CT molecular complexity index is 1280. The van der Waals surface area contributed by atoms with Crippen molar-refractivity contribution in [2.75, 3.05) is 7.11 Å². The van der Waals surface area contributed by atoms with Crippen LogP contribution in [0.25, 0.3) is 10.9 Å². The number of pyridine rings is 1. The molecule has 154 valence electrons. The van der Waals surface area contributed by atoms with Gasteiger partial charge in [0, 0.05) is 16.5 Å². The van der Waals surface area contributed by atoms with Gasteiger partial charge >= 0.3 is 17.5 Å². The lowest BCUT2D eigenvalue weighted by molar-refractivity contribution is -0.389. The van der Waals surface area contributed by atoms with Crippen LogP contribution < -0.4 is 4.74 Å². The summed E-state index contributed by atoms with van der Waals surface area (Å²) in [5.74, 6) is -0.430. The van der Waals surface area contributed by atoms with Crippen LogP contribution in [0.4, 0.5) is 5.69 Å². The number of hydrogen-bond acceptors (Lipinski definition) is 9. The molecule has 0 fully saturated rings. The molecule has 2 aromatic carbocycles. The maximum atomic E-state index is 11.8. The first-order valence-corrected chi connectivity index (χ1v) is 9.75. The maximum Gasteiger partial charge on any atom is 0.363 e. The first-order chi connectivity index (χ1) is 15.1. The fourth-order valence-corrected chi connectivity index (χ4v) is 3.78. The Morgan fingerprint density at radius 1 is 1.03 bits per heavy atom. The third-order valence-electron chi connectivity index (χ3n) is 4.23. The van der Waals surface area contributed by atoms with Gasteiger partial charge in [-0.2, -0.15) is 4.98 Å². The standard InChI is InChI=1S/C21H14N4O5S/c1-29-21(26)14-7-9-15(10-8-14)30-19-18(25(27)28)20(24-12-23-19)31-16-6-2-4-13-5-3-11-22-17(13)16/h2-12H,1H3. The molecule has 0 aliphatic rings. The minimum absolute atomic E-state index is 0.124. The van der Waals surface area contributed by atoms with Crippen LogP contribution in [0.5, 0.6) is 11.6 Å². The third kappa shape index (κ3) is 4.28. The number of benzene rings is 2. The molecule has 0 atom stereocenters. The largest absolute Gasteiger partial charge is 0.465 e. The van der Waals surface area contributed by atoms with E-state index >= 15 is 0 Å². The van der Waals surface area contributed by atoms with E-state index in [1.165, 1.54) is 37.7 Å². The van der Waals surface area contributed by atoms with E-state index in [1.807, 2.05) is 30.3 Å². The highest BCUT2D eigenvalue weighted by molar-refractivity contribution is 7.99. The van der Waals surface area contributed by atoms with E-state index in [1.54, 1.807) is 6.20 Å². The van der Waals surface area contributed by atoms with Gasteiger partial charge in [-0.25, -0.2) is 9.78 Å². The number of fused-ring (bicyclic) bond motifs is 1. The van der Waals surface area contributed by atoms with Crippen LogP contribution in [-0.2, 0) is 4.74 Å². The van der Waals surface area contributed by atoms with Gasteiger partial charge in [0.25, 0.3) is 0 Å². The second-order valence-electron chi connectivity index (χ2n) is 6.14. The first kappa shape index (κ1) is 20.2. The highest BCUT2D eigenvalue weighted by atomic mass is 32.2. The summed E-state index contributed by atoms with van der Waals surface area (Å²) in [5.41, 5.74) is 0.674. The Morgan fingerprint density at radius 3 is 2.55 bits per heavy atom. The second-order valence-corrected chi connectivity index (χ2v) is 7.17. The van der Waals surface area contributed by atoms with Crippen LogP contribution in [0.3, 0.4) is 0 Å². The molecule has 0 radical (unpaired) electrons. The molecule has 0 saturated heterocycles. The number of carbonyl (C=O) groups is 1. The molecule has 0 saturated carbocycles. The summed E-state index contributed by atoms with van der Waals surface area (Å²) in [7, 11) is 1.28. The molecule has 10 heteroatoms. The van der Waals surface area contributed by atoms with Gasteiger partial charge < -0.3 is 9.47 Å². The number of hydrogen-bond donors (Lipinski definition) is 0. The predicted molar refractivity (Wildman–Crippen MR) is 112 cm³/mol. The number of methoxy groups -OCH3 is 1. The Labute approximate surface area is 180 Å². The molecule has 4 aromatic rings. The van der Waals surface area contributed by atoms with E-state index in [0.717, 1.165) is 17.1 Å². The van der Waals surface area contributed by atoms with Crippen molar-refractivity contribution in [3.63, 3.8) is 0 Å². The number of rotatable bonds is 6. The zero-order valence-electron chi connectivity index (χ0n) is 16.1. The lowest BCUT2D eigenvalue weighted by Crippen LogP contribution is -2.02. The van der Waals surface area contributed by atoms with Gasteiger partial charge in [0.2, 0.25) is 0 Å². The second kappa shape index (κ2) is 8.76. The highest BCUT2D eigenvalue weighted by Gasteiger charge is 2.26. The minimum Gasteiger partial charge on any atom is -0.465 e. The quantitative estimate of drug-likeness (QED) is 0.185. The first-order valence-electron chi connectivity index (χ1n) is 8.94. The summed E-state index contributed by atoms with van der Waals surface area (Å²) < 4.78 is 10.3. The molecule has 0 bridgehead atoms. The highest BCUT2D eigenvalue weighted by Crippen LogP contribution is 2.40. The van der Waals surface area contributed by atoms with Crippen molar-refractivity contribution in [1.29, 1.82) is 0 Å². The van der Waals surface area contributed by atoms with Crippen molar-refractivity contribution in [3.05, 3.63) is 82.8 Å².